The largest absolute Gasteiger partial charge is 0.465 e. The van der Waals surface area contributed by atoms with Gasteiger partial charge in [-0.15, -0.1) is 0 Å². The Morgan fingerprint density at radius 2 is 2.00 bits per heavy atom. The molecule has 0 aliphatic carbocycles. The molecule has 2 N–H and O–H groups in total. The zero-order chi connectivity index (χ0) is 15.9. The maximum absolute atomic E-state index is 12.7. The Bertz CT molecular complexity index is 499. The van der Waals surface area contributed by atoms with Crippen molar-refractivity contribution in [2.24, 2.45) is 5.92 Å². The molecule has 0 spiro atoms. The molecule has 1 aromatic carbocycles. The van der Waals surface area contributed by atoms with Crippen molar-refractivity contribution in [3.8, 4) is 0 Å². The maximum Gasteiger partial charge on any atom is 0.317 e. The van der Waals surface area contributed by atoms with Crippen molar-refractivity contribution >= 4 is 17.9 Å². The van der Waals surface area contributed by atoms with Gasteiger partial charge in [0.05, 0.1) is 6.61 Å². The molecule has 21 heavy (non-hydrogen) atoms. The molecule has 0 radical (unpaired) electrons. The lowest BCUT2D eigenvalue weighted by Crippen LogP contribution is -2.44. The lowest BCUT2D eigenvalue weighted by atomic mass is 9.67. The van der Waals surface area contributed by atoms with Gasteiger partial charge >= 0.3 is 5.97 Å². The first kappa shape index (κ1) is 17.1. The molecule has 0 aliphatic rings. The molecule has 0 aliphatic heterocycles. The molecule has 4 nitrogen and oxygen atoms in total. The fourth-order valence-electron chi connectivity index (χ4n) is 2.80. The second kappa shape index (κ2) is 7.72. The molecule has 0 saturated carbocycles. The summed E-state index contributed by atoms with van der Waals surface area (Å²) in [5.41, 5.74) is 0.471. The van der Waals surface area contributed by atoms with Gasteiger partial charge in [0.15, 0.2) is 0 Å². The maximum atomic E-state index is 12.7. The number of hydrogen-bond acceptors (Lipinski definition) is 4. The minimum Gasteiger partial charge on any atom is -0.465 e. The Morgan fingerprint density at radius 1 is 1.38 bits per heavy atom. The molecule has 0 aromatic heterocycles. The molecular formula is C17H24N2O2. The van der Waals surface area contributed by atoms with Crippen LogP contribution in [0.2, 0.25) is 0 Å². The van der Waals surface area contributed by atoms with Gasteiger partial charge in [0.2, 0.25) is 0 Å². The molecule has 0 saturated heterocycles. The summed E-state index contributed by atoms with van der Waals surface area (Å²) in [7, 11) is 0. The lowest BCUT2D eigenvalue weighted by molar-refractivity contribution is -0.152. The quantitative estimate of drug-likeness (QED) is 0.566. The first-order chi connectivity index (χ1) is 9.98. The van der Waals surface area contributed by atoms with E-state index in [9.17, 15) is 4.79 Å². The van der Waals surface area contributed by atoms with Crippen LogP contribution < -0.4 is 0 Å². The summed E-state index contributed by atoms with van der Waals surface area (Å²) < 4.78 is 5.30. The van der Waals surface area contributed by atoms with E-state index >= 15 is 0 Å². The predicted molar refractivity (Wildman–Crippen MR) is 85.3 cm³/mol. The van der Waals surface area contributed by atoms with Crippen LogP contribution in [0.25, 0.3) is 0 Å². The summed E-state index contributed by atoms with van der Waals surface area (Å²) >= 11 is 0. The Hall–Kier alpha value is -1.97. The Labute approximate surface area is 126 Å². The number of benzene rings is 1. The third kappa shape index (κ3) is 3.78. The van der Waals surface area contributed by atoms with Gasteiger partial charge in [0, 0.05) is 12.1 Å². The van der Waals surface area contributed by atoms with Crippen molar-refractivity contribution in [3.63, 3.8) is 0 Å². The average molecular weight is 288 g/mol. The number of hydrogen-bond donors (Lipinski definition) is 2. The van der Waals surface area contributed by atoms with E-state index in [0.29, 0.717) is 18.7 Å². The third-order valence-corrected chi connectivity index (χ3v) is 3.81. The molecule has 1 aromatic rings. The smallest absolute Gasteiger partial charge is 0.317 e. The molecule has 114 valence electrons. The Morgan fingerprint density at radius 3 is 2.48 bits per heavy atom. The first-order valence-corrected chi connectivity index (χ1v) is 7.24. The average Bonchev–Trinajstić information content (AvgIpc) is 2.45. The summed E-state index contributed by atoms with van der Waals surface area (Å²) in [6.45, 7) is 5.78. The van der Waals surface area contributed by atoms with Gasteiger partial charge in [0.1, 0.15) is 5.41 Å². The summed E-state index contributed by atoms with van der Waals surface area (Å²) in [4.78, 5) is 12.7. The highest BCUT2D eigenvalue weighted by Gasteiger charge is 2.45. The van der Waals surface area contributed by atoms with Crippen molar-refractivity contribution in [1.29, 1.82) is 10.8 Å². The van der Waals surface area contributed by atoms with Crippen LogP contribution >= 0.6 is 0 Å². The van der Waals surface area contributed by atoms with E-state index in [-0.39, 0.29) is 18.3 Å². The molecule has 2 unspecified atom stereocenters. The fraction of sp³-hybridized carbons (Fsp3) is 0.471. The predicted octanol–water partition coefficient (Wildman–Crippen LogP) is 3.59. The van der Waals surface area contributed by atoms with E-state index in [1.54, 1.807) is 13.8 Å². The highest BCUT2D eigenvalue weighted by Crippen LogP contribution is 2.38. The minimum atomic E-state index is -0.901. The highest BCUT2D eigenvalue weighted by atomic mass is 16.5. The lowest BCUT2D eigenvalue weighted by Gasteiger charge is -2.36. The highest BCUT2D eigenvalue weighted by molar-refractivity contribution is 5.88. The van der Waals surface area contributed by atoms with E-state index in [1.165, 1.54) is 6.21 Å². The second-order valence-electron chi connectivity index (χ2n) is 5.35. The Balaban J connectivity index is 3.38. The van der Waals surface area contributed by atoms with Crippen LogP contribution in [0, 0.1) is 16.7 Å². The van der Waals surface area contributed by atoms with Crippen molar-refractivity contribution < 1.29 is 9.53 Å². The molecule has 0 fully saturated rings. The summed E-state index contributed by atoms with van der Waals surface area (Å²) in [6.07, 6.45) is 2.05. The number of esters is 1. The molecular weight excluding hydrogens is 264 g/mol. The standard InChI is InChI=1S/C17H24N2O2/c1-4-21-16(20)17(10-11-18,13(2)12-14(3)19)15-8-6-5-7-9-15/h5-9,11,13,18-19H,4,10,12H2,1-3H3. The van der Waals surface area contributed by atoms with Gasteiger partial charge in [-0.05, 0) is 38.0 Å². The van der Waals surface area contributed by atoms with Crippen LogP contribution in [0.5, 0.6) is 0 Å². The van der Waals surface area contributed by atoms with Crippen molar-refractivity contribution in [1.82, 2.24) is 0 Å². The summed E-state index contributed by atoms with van der Waals surface area (Å²) in [6, 6.07) is 9.47. The summed E-state index contributed by atoms with van der Waals surface area (Å²) in [5.74, 6) is -0.425. The number of carbonyl (C=O) groups is 1. The number of rotatable bonds is 8. The first-order valence-electron chi connectivity index (χ1n) is 7.24. The van der Waals surface area contributed by atoms with Crippen LogP contribution in [0.15, 0.2) is 30.3 Å². The van der Waals surface area contributed by atoms with Crippen LogP contribution in [0.3, 0.4) is 0 Å². The van der Waals surface area contributed by atoms with Gasteiger partial charge in [-0.25, -0.2) is 0 Å². The normalized spacial score (nSPS) is 14.8. The monoisotopic (exact) mass is 288 g/mol. The van der Waals surface area contributed by atoms with Gasteiger partial charge in [-0.2, -0.15) is 0 Å². The van der Waals surface area contributed by atoms with E-state index in [2.05, 4.69) is 0 Å². The summed E-state index contributed by atoms with van der Waals surface area (Å²) in [5, 5.41) is 15.3. The molecule has 2 atom stereocenters. The molecule has 0 bridgehead atoms. The SMILES string of the molecule is CCOC(=O)C(CC=N)(c1ccccc1)C(C)CC(C)=N. The second-order valence-corrected chi connectivity index (χ2v) is 5.35. The van der Waals surface area contributed by atoms with E-state index in [4.69, 9.17) is 15.6 Å². The number of nitrogens with one attached hydrogen (secondary N) is 2. The van der Waals surface area contributed by atoms with Crippen molar-refractivity contribution in [2.45, 2.75) is 39.0 Å². The molecule has 0 heterocycles. The number of carbonyl (C=O) groups excluding carboxylic acids is 1. The van der Waals surface area contributed by atoms with Gasteiger partial charge in [-0.1, -0.05) is 37.3 Å². The molecule has 1 rings (SSSR count). The van der Waals surface area contributed by atoms with Gasteiger partial charge < -0.3 is 15.6 Å². The third-order valence-electron chi connectivity index (χ3n) is 3.81. The van der Waals surface area contributed by atoms with Crippen LogP contribution in [0.1, 0.15) is 39.2 Å². The van der Waals surface area contributed by atoms with Crippen LogP contribution in [-0.2, 0) is 14.9 Å². The zero-order valence-electron chi connectivity index (χ0n) is 13.0. The van der Waals surface area contributed by atoms with Crippen LogP contribution in [-0.4, -0.2) is 24.5 Å². The van der Waals surface area contributed by atoms with E-state index in [0.717, 1.165) is 5.56 Å². The van der Waals surface area contributed by atoms with Gasteiger partial charge in [-0.3, -0.25) is 4.79 Å². The van der Waals surface area contributed by atoms with Crippen LogP contribution in [0.4, 0.5) is 0 Å². The van der Waals surface area contributed by atoms with Crippen molar-refractivity contribution in [3.05, 3.63) is 35.9 Å². The fourth-order valence-corrected chi connectivity index (χ4v) is 2.80. The topological polar surface area (TPSA) is 74.0 Å². The Kier molecular flexibility index (Phi) is 6.28. The molecule has 0 amide bonds. The molecule has 4 heteroatoms. The number of ether oxygens (including phenoxy) is 1. The minimum absolute atomic E-state index is 0.113. The van der Waals surface area contributed by atoms with Crippen molar-refractivity contribution in [2.75, 3.05) is 6.61 Å². The zero-order valence-corrected chi connectivity index (χ0v) is 13.0. The van der Waals surface area contributed by atoms with Gasteiger partial charge in [0.25, 0.3) is 0 Å². The van der Waals surface area contributed by atoms with E-state index in [1.807, 2.05) is 37.3 Å². The van der Waals surface area contributed by atoms with E-state index < -0.39 is 5.41 Å².